The molecule has 2 rings (SSSR count). The molecule has 2 nitrogen and oxygen atoms in total. The third-order valence-corrected chi connectivity index (χ3v) is 2.82. The van der Waals surface area contributed by atoms with Crippen molar-refractivity contribution in [2.24, 2.45) is 5.73 Å². The fraction of sp³-hybridized carbons (Fsp3) is 0.250. The number of fused-ring (bicyclic) bond motifs is 1. The summed E-state index contributed by atoms with van der Waals surface area (Å²) >= 11 is 0. The molecule has 0 aliphatic heterocycles. The maximum atomic E-state index is 11.1. The minimum atomic E-state index is -0.213. The van der Waals surface area contributed by atoms with Crippen molar-refractivity contribution in [2.75, 3.05) is 0 Å². The van der Waals surface area contributed by atoms with Crippen LogP contribution in [0.1, 0.15) is 29.0 Å². The standard InChI is InChI=1S/C12H13NO/c1-2-8-3-5-10-9(7-8)4-6-11(10)12(13)14/h2-3,5,7,11H,1,4,6H2,(H2,13,14)/t11-/m1/s1. The van der Waals surface area contributed by atoms with E-state index in [4.69, 9.17) is 5.73 Å². The van der Waals surface area contributed by atoms with E-state index < -0.39 is 0 Å². The summed E-state index contributed by atoms with van der Waals surface area (Å²) in [5.41, 5.74) is 8.77. The van der Waals surface area contributed by atoms with Crippen LogP contribution in [0.4, 0.5) is 0 Å². The molecule has 0 heterocycles. The molecular formula is C12H13NO. The van der Waals surface area contributed by atoms with Crippen LogP contribution in [0.3, 0.4) is 0 Å². The quantitative estimate of drug-likeness (QED) is 0.754. The molecule has 0 saturated carbocycles. The summed E-state index contributed by atoms with van der Waals surface area (Å²) in [6, 6.07) is 6.06. The van der Waals surface area contributed by atoms with Gasteiger partial charge in [0, 0.05) is 0 Å². The highest BCUT2D eigenvalue weighted by molar-refractivity contribution is 5.83. The Balaban J connectivity index is 2.43. The monoisotopic (exact) mass is 187 g/mol. The zero-order valence-electron chi connectivity index (χ0n) is 7.99. The van der Waals surface area contributed by atoms with Gasteiger partial charge in [-0.1, -0.05) is 30.9 Å². The number of hydrogen-bond acceptors (Lipinski definition) is 1. The average molecular weight is 187 g/mol. The summed E-state index contributed by atoms with van der Waals surface area (Å²) in [4.78, 5) is 11.1. The highest BCUT2D eigenvalue weighted by atomic mass is 16.1. The normalized spacial score (nSPS) is 19.0. The second-order valence-electron chi connectivity index (χ2n) is 3.66. The number of carbonyl (C=O) groups excluding carboxylic acids is 1. The first-order chi connectivity index (χ1) is 6.72. The minimum Gasteiger partial charge on any atom is -0.369 e. The third kappa shape index (κ3) is 1.33. The Bertz CT molecular complexity index is 395. The topological polar surface area (TPSA) is 43.1 Å². The van der Waals surface area contributed by atoms with Crippen molar-refractivity contribution < 1.29 is 4.79 Å². The Morgan fingerprint density at radius 1 is 1.57 bits per heavy atom. The molecule has 1 aliphatic rings. The first-order valence-electron chi connectivity index (χ1n) is 4.77. The predicted molar refractivity (Wildman–Crippen MR) is 56.8 cm³/mol. The number of rotatable bonds is 2. The molecule has 14 heavy (non-hydrogen) atoms. The van der Waals surface area contributed by atoms with E-state index in [0.29, 0.717) is 0 Å². The largest absolute Gasteiger partial charge is 0.369 e. The maximum absolute atomic E-state index is 11.1. The van der Waals surface area contributed by atoms with Crippen LogP contribution in [0.25, 0.3) is 6.08 Å². The molecule has 2 N–H and O–H groups in total. The molecule has 72 valence electrons. The van der Waals surface area contributed by atoms with Crippen molar-refractivity contribution in [3.8, 4) is 0 Å². The Morgan fingerprint density at radius 3 is 3.00 bits per heavy atom. The average Bonchev–Trinajstić information content (AvgIpc) is 2.59. The van der Waals surface area contributed by atoms with Crippen molar-refractivity contribution in [3.63, 3.8) is 0 Å². The first-order valence-corrected chi connectivity index (χ1v) is 4.77. The van der Waals surface area contributed by atoms with Crippen molar-refractivity contribution in [1.29, 1.82) is 0 Å². The molecular weight excluding hydrogens is 174 g/mol. The van der Waals surface area contributed by atoms with Crippen LogP contribution >= 0.6 is 0 Å². The van der Waals surface area contributed by atoms with Crippen LogP contribution in [0.5, 0.6) is 0 Å². The molecule has 1 amide bonds. The second-order valence-corrected chi connectivity index (χ2v) is 3.66. The zero-order valence-corrected chi connectivity index (χ0v) is 7.99. The van der Waals surface area contributed by atoms with Crippen LogP contribution in [0.15, 0.2) is 24.8 Å². The minimum absolute atomic E-state index is 0.0798. The van der Waals surface area contributed by atoms with Crippen LogP contribution in [0.2, 0.25) is 0 Å². The third-order valence-electron chi connectivity index (χ3n) is 2.82. The van der Waals surface area contributed by atoms with Gasteiger partial charge in [-0.3, -0.25) is 4.79 Å². The van der Waals surface area contributed by atoms with E-state index >= 15 is 0 Å². The molecule has 0 spiro atoms. The van der Waals surface area contributed by atoms with E-state index in [0.717, 1.165) is 24.0 Å². The van der Waals surface area contributed by atoms with Gasteiger partial charge in [0.05, 0.1) is 5.92 Å². The Hall–Kier alpha value is -1.57. The summed E-state index contributed by atoms with van der Waals surface area (Å²) in [7, 11) is 0. The van der Waals surface area contributed by atoms with E-state index in [1.54, 1.807) is 0 Å². The van der Waals surface area contributed by atoms with Gasteiger partial charge in [-0.2, -0.15) is 0 Å². The summed E-state index contributed by atoms with van der Waals surface area (Å²) in [6.07, 6.45) is 3.62. The molecule has 0 radical (unpaired) electrons. The summed E-state index contributed by atoms with van der Waals surface area (Å²) < 4.78 is 0. The fourth-order valence-corrected chi connectivity index (χ4v) is 2.06. The summed E-state index contributed by atoms with van der Waals surface area (Å²) in [5.74, 6) is -0.293. The first kappa shape index (κ1) is 9.00. The summed E-state index contributed by atoms with van der Waals surface area (Å²) in [6.45, 7) is 3.72. The number of hydrogen-bond donors (Lipinski definition) is 1. The van der Waals surface area contributed by atoms with E-state index in [9.17, 15) is 4.79 Å². The SMILES string of the molecule is C=Cc1ccc2c(c1)CC[C@H]2C(N)=O. The highest BCUT2D eigenvalue weighted by Crippen LogP contribution is 2.33. The Morgan fingerprint density at radius 2 is 2.36 bits per heavy atom. The maximum Gasteiger partial charge on any atom is 0.224 e. The molecule has 0 bridgehead atoms. The Labute approximate surface area is 83.4 Å². The van der Waals surface area contributed by atoms with Gasteiger partial charge in [0.2, 0.25) is 5.91 Å². The van der Waals surface area contributed by atoms with Crippen molar-refractivity contribution in [1.82, 2.24) is 0 Å². The number of primary amides is 1. The zero-order chi connectivity index (χ0) is 10.1. The van der Waals surface area contributed by atoms with Gasteiger partial charge in [0.25, 0.3) is 0 Å². The molecule has 1 aliphatic carbocycles. The molecule has 0 unspecified atom stereocenters. The number of carbonyl (C=O) groups is 1. The molecule has 2 heteroatoms. The highest BCUT2D eigenvalue weighted by Gasteiger charge is 2.26. The van der Waals surface area contributed by atoms with E-state index in [2.05, 4.69) is 12.6 Å². The van der Waals surface area contributed by atoms with Crippen LogP contribution in [-0.4, -0.2) is 5.91 Å². The van der Waals surface area contributed by atoms with Gasteiger partial charge in [0.15, 0.2) is 0 Å². The lowest BCUT2D eigenvalue weighted by Crippen LogP contribution is -2.19. The van der Waals surface area contributed by atoms with Crippen LogP contribution in [0, 0.1) is 0 Å². The lowest BCUT2D eigenvalue weighted by Gasteiger charge is -2.06. The van der Waals surface area contributed by atoms with E-state index in [1.165, 1.54) is 5.56 Å². The predicted octanol–water partition coefficient (Wildman–Crippen LogP) is 1.84. The van der Waals surface area contributed by atoms with Crippen LogP contribution in [-0.2, 0) is 11.2 Å². The van der Waals surface area contributed by atoms with Gasteiger partial charge >= 0.3 is 0 Å². The van der Waals surface area contributed by atoms with Crippen molar-refractivity contribution >= 4 is 12.0 Å². The number of amides is 1. The van der Waals surface area contributed by atoms with Gasteiger partial charge in [-0.05, 0) is 29.5 Å². The number of aryl methyl sites for hydroxylation is 1. The smallest absolute Gasteiger partial charge is 0.224 e. The van der Waals surface area contributed by atoms with Crippen molar-refractivity contribution in [3.05, 3.63) is 41.5 Å². The molecule has 0 saturated heterocycles. The fourth-order valence-electron chi connectivity index (χ4n) is 2.06. The molecule has 1 aromatic carbocycles. The molecule has 1 aromatic rings. The van der Waals surface area contributed by atoms with Gasteiger partial charge in [-0.25, -0.2) is 0 Å². The van der Waals surface area contributed by atoms with E-state index in [-0.39, 0.29) is 11.8 Å². The second kappa shape index (κ2) is 3.29. The molecule has 0 aromatic heterocycles. The summed E-state index contributed by atoms with van der Waals surface area (Å²) in [5, 5.41) is 0. The lowest BCUT2D eigenvalue weighted by molar-refractivity contribution is -0.119. The van der Waals surface area contributed by atoms with Crippen LogP contribution < -0.4 is 5.73 Å². The van der Waals surface area contributed by atoms with Crippen molar-refractivity contribution in [2.45, 2.75) is 18.8 Å². The molecule has 1 atom stereocenters. The van der Waals surface area contributed by atoms with Gasteiger partial charge in [0.1, 0.15) is 0 Å². The lowest BCUT2D eigenvalue weighted by atomic mass is 9.99. The Kier molecular flexibility index (Phi) is 2.12. The number of benzene rings is 1. The van der Waals surface area contributed by atoms with E-state index in [1.807, 2.05) is 18.2 Å². The number of nitrogens with two attached hydrogens (primary N) is 1. The molecule has 0 fully saturated rings. The van der Waals surface area contributed by atoms with Gasteiger partial charge in [-0.15, -0.1) is 0 Å². The van der Waals surface area contributed by atoms with Gasteiger partial charge < -0.3 is 5.73 Å².